The van der Waals surface area contributed by atoms with Crippen LogP contribution in [-0.4, -0.2) is 13.1 Å². The van der Waals surface area contributed by atoms with Gasteiger partial charge in [-0.05, 0) is 49.3 Å². The Morgan fingerprint density at radius 2 is 1.75 bits per heavy atom. The van der Waals surface area contributed by atoms with Crippen LogP contribution in [0, 0.1) is 26.2 Å². The fourth-order valence-corrected chi connectivity index (χ4v) is 3.01. The Morgan fingerprint density at radius 3 is 2.20 bits per heavy atom. The van der Waals surface area contributed by atoms with E-state index in [0.717, 1.165) is 6.42 Å². The highest BCUT2D eigenvalue weighted by Gasteiger charge is 2.27. The number of carbonyl (C=O) groups excluding carboxylic acids is 1. The molecule has 0 saturated carbocycles. The van der Waals surface area contributed by atoms with Crippen molar-refractivity contribution in [3.63, 3.8) is 0 Å². The van der Waals surface area contributed by atoms with E-state index in [1.807, 2.05) is 0 Å². The predicted molar refractivity (Wildman–Crippen MR) is 82.6 cm³/mol. The zero-order chi connectivity index (χ0) is 15.5. The molecule has 1 unspecified atom stereocenters. The second-order valence-corrected chi connectivity index (χ2v) is 6.54. The van der Waals surface area contributed by atoms with Crippen LogP contribution in [0.3, 0.4) is 0 Å². The molecule has 1 aromatic carbocycles. The van der Waals surface area contributed by atoms with Crippen LogP contribution in [-0.2, 0) is 9.53 Å². The first-order valence-corrected chi connectivity index (χ1v) is 7.06. The molecule has 0 saturated heterocycles. The van der Waals surface area contributed by atoms with Gasteiger partial charge in [-0.3, -0.25) is 4.79 Å². The number of ether oxygens (including phenoxy) is 1. The Kier molecular flexibility index (Phi) is 5.35. The third-order valence-electron chi connectivity index (χ3n) is 3.73. The predicted octanol–water partition coefficient (Wildman–Crippen LogP) is 3.59. The summed E-state index contributed by atoms with van der Waals surface area (Å²) in [5.74, 6) is -0.181. The Morgan fingerprint density at radius 1 is 1.25 bits per heavy atom. The lowest BCUT2D eigenvalue weighted by atomic mass is 9.79. The lowest BCUT2D eigenvalue weighted by Crippen LogP contribution is -2.25. The van der Waals surface area contributed by atoms with Crippen molar-refractivity contribution in [2.45, 2.75) is 53.5 Å². The van der Waals surface area contributed by atoms with Crippen LogP contribution in [0.5, 0.6) is 0 Å². The summed E-state index contributed by atoms with van der Waals surface area (Å²) in [4.78, 5) is 11.5. The second-order valence-electron chi connectivity index (χ2n) is 6.54. The quantitative estimate of drug-likeness (QED) is 0.837. The minimum Gasteiger partial charge on any atom is -0.469 e. The Labute approximate surface area is 122 Å². The molecule has 1 atom stereocenters. The van der Waals surface area contributed by atoms with Gasteiger partial charge in [0, 0.05) is 6.04 Å². The number of benzene rings is 1. The van der Waals surface area contributed by atoms with E-state index in [1.54, 1.807) is 0 Å². The summed E-state index contributed by atoms with van der Waals surface area (Å²) in [5, 5.41) is 0. The highest BCUT2D eigenvalue weighted by molar-refractivity contribution is 5.69. The van der Waals surface area contributed by atoms with Crippen molar-refractivity contribution in [1.29, 1.82) is 0 Å². The SMILES string of the molecule is COC(=O)CC(C)(C)CC(N)c1c(C)cc(C)cc1C. The highest BCUT2D eigenvalue weighted by Crippen LogP contribution is 2.34. The van der Waals surface area contributed by atoms with Gasteiger partial charge in [-0.2, -0.15) is 0 Å². The molecule has 2 N–H and O–H groups in total. The van der Waals surface area contributed by atoms with E-state index in [2.05, 4.69) is 46.8 Å². The monoisotopic (exact) mass is 277 g/mol. The first-order valence-electron chi connectivity index (χ1n) is 7.06. The van der Waals surface area contributed by atoms with E-state index in [4.69, 9.17) is 10.5 Å². The number of rotatable bonds is 5. The molecule has 0 aliphatic carbocycles. The molecular formula is C17H27NO2. The van der Waals surface area contributed by atoms with Gasteiger partial charge >= 0.3 is 5.97 Å². The number of aryl methyl sites for hydroxylation is 3. The molecule has 3 heteroatoms. The van der Waals surface area contributed by atoms with Crippen molar-refractivity contribution in [3.8, 4) is 0 Å². The van der Waals surface area contributed by atoms with Crippen molar-refractivity contribution in [2.75, 3.05) is 7.11 Å². The van der Waals surface area contributed by atoms with Gasteiger partial charge in [-0.15, -0.1) is 0 Å². The molecule has 1 aromatic rings. The molecular weight excluding hydrogens is 250 g/mol. The summed E-state index contributed by atoms with van der Waals surface area (Å²) in [6.07, 6.45) is 1.15. The fraction of sp³-hybridized carbons (Fsp3) is 0.588. The standard InChI is InChI=1S/C17H27NO2/c1-11-7-12(2)16(13(3)8-11)14(18)9-17(4,5)10-15(19)20-6/h7-8,14H,9-10,18H2,1-6H3. The Balaban J connectivity index is 2.91. The first kappa shape index (κ1) is 16.7. The van der Waals surface area contributed by atoms with Gasteiger partial charge in [-0.25, -0.2) is 0 Å². The molecule has 0 fully saturated rings. The van der Waals surface area contributed by atoms with Crippen molar-refractivity contribution in [1.82, 2.24) is 0 Å². The average Bonchev–Trinajstić information content (AvgIpc) is 2.25. The zero-order valence-corrected chi connectivity index (χ0v) is 13.5. The van der Waals surface area contributed by atoms with Gasteiger partial charge < -0.3 is 10.5 Å². The highest BCUT2D eigenvalue weighted by atomic mass is 16.5. The molecule has 0 bridgehead atoms. The van der Waals surface area contributed by atoms with Gasteiger partial charge in [-0.1, -0.05) is 31.5 Å². The van der Waals surface area contributed by atoms with E-state index in [1.165, 1.54) is 29.4 Å². The van der Waals surface area contributed by atoms with E-state index in [9.17, 15) is 4.79 Å². The molecule has 20 heavy (non-hydrogen) atoms. The molecule has 0 heterocycles. The number of hydrogen-bond donors (Lipinski definition) is 1. The average molecular weight is 277 g/mol. The summed E-state index contributed by atoms with van der Waals surface area (Å²) in [6.45, 7) is 10.4. The van der Waals surface area contributed by atoms with Gasteiger partial charge in [0.15, 0.2) is 0 Å². The van der Waals surface area contributed by atoms with Crippen LogP contribution in [0.25, 0.3) is 0 Å². The van der Waals surface area contributed by atoms with Crippen molar-refractivity contribution in [3.05, 3.63) is 34.4 Å². The molecule has 0 aromatic heterocycles. The molecule has 0 aliphatic heterocycles. The summed E-state index contributed by atoms with van der Waals surface area (Å²) >= 11 is 0. The Hall–Kier alpha value is -1.35. The normalized spacial score (nSPS) is 13.2. The second kappa shape index (κ2) is 6.40. The van der Waals surface area contributed by atoms with E-state index >= 15 is 0 Å². The maximum absolute atomic E-state index is 11.5. The minimum atomic E-state index is -0.181. The summed E-state index contributed by atoms with van der Waals surface area (Å²) in [5.41, 5.74) is 11.1. The minimum absolute atomic E-state index is 0.0599. The van der Waals surface area contributed by atoms with Crippen molar-refractivity contribution in [2.24, 2.45) is 11.1 Å². The number of carbonyl (C=O) groups is 1. The van der Waals surface area contributed by atoms with Crippen LogP contribution in [0.4, 0.5) is 0 Å². The number of methoxy groups -OCH3 is 1. The van der Waals surface area contributed by atoms with E-state index in [0.29, 0.717) is 6.42 Å². The van der Waals surface area contributed by atoms with Gasteiger partial charge in [0.05, 0.1) is 13.5 Å². The van der Waals surface area contributed by atoms with E-state index < -0.39 is 0 Å². The maximum atomic E-state index is 11.5. The molecule has 0 aliphatic rings. The van der Waals surface area contributed by atoms with Crippen LogP contribution in [0.2, 0.25) is 0 Å². The molecule has 3 nitrogen and oxygen atoms in total. The fourth-order valence-electron chi connectivity index (χ4n) is 3.01. The molecule has 0 radical (unpaired) electrons. The van der Waals surface area contributed by atoms with Crippen LogP contribution in [0.15, 0.2) is 12.1 Å². The first-order chi connectivity index (χ1) is 9.16. The largest absolute Gasteiger partial charge is 0.469 e. The molecule has 0 amide bonds. The molecule has 112 valence electrons. The molecule has 1 rings (SSSR count). The third-order valence-corrected chi connectivity index (χ3v) is 3.73. The number of esters is 1. The summed E-state index contributed by atoms with van der Waals surface area (Å²) in [7, 11) is 1.42. The lowest BCUT2D eigenvalue weighted by molar-refractivity contribution is -0.143. The van der Waals surface area contributed by atoms with Gasteiger partial charge in [0.25, 0.3) is 0 Å². The number of nitrogens with two attached hydrogens (primary N) is 1. The lowest BCUT2D eigenvalue weighted by Gasteiger charge is -2.28. The van der Waals surface area contributed by atoms with Crippen LogP contribution >= 0.6 is 0 Å². The maximum Gasteiger partial charge on any atom is 0.306 e. The van der Waals surface area contributed by atoms with Gasteiger partial charge in [0.1, 0.15) is 0 Å². The van der Waals surface area contributed by atoms with E-state index in [-0.39, 0.29) is 17.4 Å². The van der Waals surface area contributed by atoms with Crippen molar-refractivity contribution >= 4 is 5.97 Å². The third kappa shape index (κ3) is 4.34. The summed E-state index contributed by atoms with van der Waals surface area (Å²) < 4.78 is 4.76. The topological polar surface area (TPSA) is 52.3 Å². The smallest absolute Gasteiger partial charge is 0.306 e. The van der Waals surface area contributed by atoms with Crippen molar-refractivity contribution < 1.29 is 9.53 Å². The summed E-state index contributed by atoms with van der Waals surface area (Å²) in [6, 6.07) is 4.26. The van der Waals surface area contributed by atoms with Gasteiger partial charge in [0.2, 0.25) is 0 Å². The number of hydrogen-bond acceptors (Lipinski definition) is 3. The Bertz CT molecular complexity index is 469. The van der Waals surface area contributed by atoms with Crippen LogP contribution in [0.1, 0.15) is 55.0 Å². The molecule has 0 spiro atoms. The van der Waals surface area contributed by atoms with Crippen LogP contribution < -0.4 is 5.73 Å². The zero-order valence-electron chi connectivity index (χ0n) is 13.5.